The average molecular weight is 432 g/mol. The first kappa shape index (κ1) is 21.0. The quantitative estimate of drug-likeness (QED) is 0.448. The number of hydrogen-bond acceptors (Lipinski definition) is 7. The number of thiazole rings is 1. The summed E-state index contributed by atoms with van der Waals surface area (Å²) in [6.45, 7) is 1.93. The summed E-state index contributed by atoms with van der Waals surface area (Å²) < 4.78 is 14.0. The number of pyridine rings is 1. The highest BCUT2D eigenvalue weighted by atomic mass is 32.1. The lowest BCUT2D eigenvalue weighted by atomic mass is 10.2. The minimum Gasteiger partial charge on any atom is -0.502 e. The Balaban J connectivity index is 1.90. The largest absolute Gasteiger partial charge is 0.502 e. The molecule has 1 aromatic carbocycles. The predicted molar refractivity (Wildman–Crippen MR) is 107 cm³/mol. The molecule has 0 saturated heterocycles. The summed E-state index contributed by atoms with van der Waals surface area (Å²) in [6, 6.07) is 5.40. The molecular weight excluding hydrogens is 415 g/mol. The van der Waals surface area contributed by atoms with Crippen molar-refractivity contribution < 1.29 is 24.2 Å². The van der Waals surface area contributed by atoms with E-state index in [2.05, 4.69) is 15.7 Å². The van der Waals surface area contributed by atoms with Crippen LogP contribution in [0.15, 0.2) is 40.6 Å². The lowest BCUT2D eigenvalue weighted by Gasteiger charge is -2.17. The highest BCUT2D eigenvalue weighted by Crippen LogP contribution is 2.15. The molecule has 156 valence electrons. The molecule has 0 radical (unpaired) electrons. The summed E-state index contributed by atoms with van der Waals surface area (Å²) in [4.78, 5) is 40.4. The zero-order chi connectivity index (χ0) is 21.8. The molecule has 0 unspecified atom stereocenters. The van der Waals surface area contributed by atoms with Crippen LogP contribution in [-0.2, 0) is 13.1 Å². The van der Waals surface area contributed by atoms with E-state index in [1.54, 1.807) is 5.38 Å². The van der Waals surface area contributed by atoms with Crippen LogP contribution < -0.4 is 16.2 Å². The van der Waals surface area contributed by atoms with E-state index < -0.39 is 40.1 Å². The third kappa shape index (κ3) is 4.63. The molecule has 3 aromatic rings. The third-order valence-electron chi connectivity index (χ3n) is 4.09. The summed E-state index contributed by atoms with van der Waals surface area (Å²) >= 11 is 1.41. The zero-order valence-corrected chi connectivity index (χ0v) is 16.5. The van der Waals surface area contributed by atoms with E-state index in [1.165, 1.54) is 35.6 Å². The second kappa shape index (κ2) is 8.74. The highest BCUT2D eigenvalue weighted by Gasteiger charge is 2.24. The SMILES string of the molecule is Cc1nc(CNn2cc(C(=O)O)c(=O)c(O)c2C(=O)NCc2ccc(F)cc2)cs1. The minimum absolute atomic E-state index is 0.00128. The molecule has 4 N–H and O–H groups in total. The number of carboxylic acids is 1. The van der Waals surface area contributed by atoms with Gasteiger partial charge in [0.1, 0.15) is 11.4 Å². The van der Waals surface area contributed by atoms with Crippen molar-refractivity contribution in [1.82, 2.24) is 15.0 Å². The fraction of sp³-hybridized carbons (Fsp3) is 0.158. The number of benzene rings is 1. The van der Waals surface area contributed by atoms with Gasteiger partial charge in [-0.3, -0.25) is 14.3 Å². The molecule has 0 fully saturated rings. The van der Waals surface area contributed by atoms with Crippen LogP contribution in [0.2, 0.25) is 0 Å². The maximum atomic E-state index is 13.0. The van der Waals surface area contributed by atoms with Gasteiger partial charge in [0.15, 0.2) is 11.4 Å². The van der Waals surface area contributed by atoms with Gasteiger partial charge in [-0.1, -0.05) is 12.1 Å². The summed E-state index contributed by atoms with van der Waals surface area (Å²) in [5, 5.41) is 24.6. The molecule has 2 heterocycles. The van der Waals surface area contributed by atoms with Gasteiger partial charge in [0.2, 0.25) is 5.43 Å². The Labute approximate surface area is 173 Å². The molecule has 2 aromatic heterocycles. The maximum absolute atomic E-state index is 13.0. The van der Waals surface area contributed by atoms with Crippen molar-refractivity contribution in [3.63, 3.8) is 0 Å². The van der Waals surface area contributed by atoms with Crippen LogP contribution in [0.4, 0.5) is 4.39 Å². The molecule has 0 atom stereocenters. The normalized spacial score (nSPS) is 10.6. The van der Waals surface area contributed by atoms with Crippen molar-refractivity contribution in [1.29, 1.82) is 0 Å². The van der Waals surface area contributed by atoms with Gasteiger partial charge in [0, 0.05) is 18.1 Å². The van der Waals surface area contributed by atoms with Crippen molar-refractivity contribution in [2.45, 2.75) is 20.0 Å². The van der Waals surface area contributed by atoms with Gasteiger partial charge in [-0.15, -0.1) is 11.3 Å². The maximum Gasteiger partial charge on any atom is 0.341 e. The van der Waals surface area contributed by atoms with Crippen LogP contribution in [0.3, 0.4) is 0 Å². The molecule has 1 amide bonds. The number of nitrogens with one attached hydrogen (secondary N) is 2. The van der Waals surface area contributed by atoms with Gasteiger partial charge in [-0.2, -0.15) is 0 Å². The molecule has 0 aliphatic heterocycles. The van der Waals surface area contributed by atoms with E-state index >= 15 is 0 Å². The van der Waals surface area contributed by atoms with Crippen molar-refractivity contribution >= 4 is 23.2 Å². The highest BCUT2D eigenvalue weighted by molar-refractivity contribution is 7.09. The van der Waals surface area contributed by atoms with Gasteiger partial charge < -0.3 is 21.0 Å². The number of carboxylic acid groups (broad SMARTS) is 1. The van der Waals surface area contributed by atoms with Crippen LogP contribution in [0.5, 0.6) is 5.75 Å². The lowest BCUT2D eigenvalue weighted by molar-refractivity contribution is 0.0692. The second-order valence-electron chi connectivity index (χ2n) is 6.25. The second-order valence-corrected chi connectivity index (χ2v) is 7.31. The molecule has 9 nitrogen and oxygen atoms in total. The van der Waals surface area contributed by atoms with Gasteiger partial charge >= 0.3 is 5.97 Å². The Kier molecular flexibility index (Phi) is 6.11. The first-order valence-electron chi connectivity index (χ1n) is 8.65. The van der Waals surface area contributed by atoms with E-state index in [9.17, 15) is 29.0 Å². The smallest absolute Gasteiger partial charge is 0.341 e. The fourth-order valence-corrected chi connectivity index (χ4v) is 3.23. The van der Waals surface area contributed by atoms with Crippen LogP contribution in [-0.4, -0.2) is 31.7 Å². The van der Waals surface area contributed by atoms with Crippen LogP contribution >= 0.6 is 11.3 Å². The number of rotatable bonds is 7. The van der Waals surface area contributed by atoms with Gasteiger partial charge in [-0.05, 0) is 24.6 Å². The molecule has 0 spiro atoms. The monoisotopic (exact) mass is 432 g/mol. The molecule has 3 rings (SSSR count). The fourth-order valence-electron chi connectivity index (χ4n) is 2.62. The molecule has 0 saturated carbocycles. The molecule has 11 heteroatoms. The van der Waals surface area contributed by atoms with Gasteiger partial charge in [-0.25, -0.2) is 14.2 Å². The number of amides is 1. The lowest BCUT2D eigenvalue weighted by Crippen LogP contribution is -2.33. The van der Waals surface area contributed by atoms with Crippen molar-refractivity contribution in [2.24, 2.45) is 0 Å². The number of aryl methyl sites for hydroxylation is 1. The molecule has 0 bridgehead atoms. The average Bonchev–Trinajstić information content (AvgIpc) is 3.13. The Hall–Kier alpha value is -3.73. The predicted octanol–water partition coefficient (Wildman–Crippen LogP) is 1.83. The van der Waals surface area contributed by atoms with Crippen molar-refractivity contribution in [3.8, 4) is 5.75 Å². The van der Waals surface area contributed by atoms with Gasteiger partial charge in [0.05, 0.1) is 17.2 Å². The summed E-state index contributed by atoms with van der Waals surface area (Å²) in [5.41, 5.74) is 1.65. The first-order valence-corrected chi connectivity index (χ1v) is 9.53. The zero-order valence-electron chi connectivity index (χ0n) is 15.7. The molecule has 0 aliphatic rings. The first-order chi connectivity index (χ1) is 14.3. The van der Waals surface area contributed by atoms with E-state index in [1.807, 2.05) is 6.92 Å². The van der Waals surface area contributed by atoms with Crippen LogP contribution in [0.25, 0.3) is 0 Å². The third-order valence-corrected chi connectivity index (χ3v) is 4.91. The minimum atomic E-state index is -1.55. The summed E-state index contributed by atoms with van der Waals surface area (Å²) in [5.74, 6) is -3.81. The number of halogens is 1. The molecular formula is C19H17FN4O5S. The van der Waals surface area contributed by atoms with Crippen molar-refractivity contribution in [2.75, 3.05) is 5.43 Å². The van der Waals surface area contributed by atoms with Crippen molar-refractivity contribution in [3.05, 3.63) is 79.4 Å². The number of aromatic carboxylic acids is 1. The number of carbonyl (C=O) groups is 2. The summed E-state index contributed by atoms with van der Waals surface area (Å²) in [6.07, 6.45) is 0.927. The Morgan fingerprint density at radius 3 is 2.53 bits per heavy atom. The van der Waals surface area contributed by atoms with E-state index in [0.29, 0.717) is 11.3 Å². The van der Waals surface area contributed by atoms with E-state index in [-0.39, 0.29) is 13.1 Å². The van der Waals surface area contributed by atoms with E-state index in [0.717, 1.165) is 15.9 Å². The standard InChI is InChI=1S/C19H17FN4O5S/c1-10-23-13(9-30-10)7-22-24-8-14(19(28)29)16(25)17(26)15(24)18(27)21-6-11-2-4-12(20)5-3-11/h2-5,8-9,22,26H,6-7H2,1H3,(H,21,27)(H,28,29). The number of nitrogens with zero attached hydrogens (tertiary/aromatic N) is 2. The van der Waals surface area contributed by atoms with Crippen LogP contribution in [0.1, 0.15) is 37.1 Å². The number of aromatic hydroxyl groups is 1. The Bertz CT molecular complexity index is 1160. The van der Waals surface area contributed by atoms with E-state index in [4.69, 9.17) is 0 Å². The Morgan fingerprint density at radius 1 is 1.23 bits per heavy atom. The Morgan fingerprint density at radius 2 is 1.93 bits per heavy atom. The van der Waals surface area contributed by atoms with Gasteiger partial charge in [0.25, 0.3) is 5.91 Å². The number of hydrogen-bond donors (Lipinski definition) is 4. The molecule has 0 aliphatic carbocycles. The number of carbonyl (C=O) groups excluding carboxylic acids is 1. The number of aromatic nitrogens is 2. The summed E-state index contributed by atoms with van der Waals surface area (Å²) in [7, 11) is 0. The topological polar surface area (TPSA) is 134 Å². The van der Waals surface area contributed by atoms with Crippen LogP contribution in [0, 0.1) is 12.7 Å². The molecule has 30 heavy (non-hydrogen) atoms.